The van der Waals surface area contributed by atoms with E-state index in [-0.39, 0.29) is 0 Å². The number of fused-ring (bicyclic) bond motifs is 6. The van der Waals surface area contributed by atoms with Gasteiger partial charge in [-0.25, -0.2) is 0 Å². The third kappa shape index (κ3) is 9.33. The van der Waals surface area contributed by atoms with E-state index in [1.807, 2.05) is 18.2 Å². The zero-order chi connectivity index (χ0) is 43.7. The molecule has 0 amide bonds. The molecular formula is C59H59N3O. The number of hydrogen-bond acceptors (Lipinski definition) is 3. The molecule has 0 atom stereocenters. The molecule has 7 aromatic carbocycles. The first-order chi connectivity index (χ1) is 30.9. The number of unbranched alkanes of at least 4 members (excludes halogenated alkanes) is 2. The Labute approximate surface area is 372 Å². The average molecular weight is 826 g/mol. The van der Waals surface area contributed by atoms with E-state index in [1.165, 1.54) is 85.7 Å². The van der Waals surface area contributed by atoms with Gasteiger partial charge in [-0.05, 0) is 132 Å². The summed E-state index contributed by atoms with van der Waals surface area (Å²) in [5, 5.41) is 4.73. The molecule has 63 heavy (non-hydrogen) atoms. The van der Waals surface area contributed by atoms with Gasteiger partial charge in [-0.1, -0.05) is 154 Å². The summed E-state index contributed by atoms with van der Waals surface area (Å²) in [5.41, 5.74) is 29.7. The van der Waals surface area contributed by atoms with Crippen LogP contribution in [0.15, 0.2) is 186 Å². The van der Waals surface area contributed by atoms with Gasteiger partial charge in [-0.15, -0.1) is 0 Å². The zero-order valence-corrected chi connectivity index (χ0v) is 37.2. The third-order valence-corrected chi connectivity index (χ3v) is 12.2. The highest BCUT2D eigenvalue weighted by molar-refractivity contribution is 6.11. The Balaban J connectivity index is 0.000000164. The maximum absolute atomic E-state index is 6.53. The number of para-hydroxylation sites is 2. The quantitative estimate of drug-likeness (QED) is 0.152. The van der Waals surface area contributed by atoms with Crippen LogP contribution in [0.1, 0.15) is 80.7 Å². The Morgan fingerprint density at radius 1 is 0.635 bits per heavy atom. The molecule has 2 aromatic heterocycles. The van der Waals surface area contributed by atoms with Gasteiger partial charge in [0.05, 0.1) is 11.0 Å². The number of furan rings is 1. The summed E-state index contributed by atoms with van der Waals surface area (Å²) in [6.07, 6.45) is 14.0. The van der Waals surface area contributed by atoms with Crippen molar-refractivity contribution in [2.24, 2.45) is 11.5 Å². The molecule has 0 spiro atoms. The predicted molar refractivity (Wildman–Crippen MR) is 271 cm³/mol. The fourth-order valence-electron chi connectivity index (χ4n) is 8.76. The number of benzene rings is 7. The second kappa shape index (κ2) is 19.9. The lowest BCUT2D eigenvalue weighted by atomic mass is 9.93. The van der Waals surface area contributed by atoms with Crippen LogP contribution in [-0.2, 0) is 13.0 Å². The first-order valence-corrected chi connectivity index (χ1v) is 22.6. The number of allylic oxidation sites excluding steroid dienone is 5. The van der Waals surface area contributed by atoms with Crippen LogP contribution >= 0.6 is 0 Å². The molecule has 4 nitrogen and oxygen atoms in total. The number of aromatic nitrogens is 1. The highest BCUT2D eigenvalue weighted by Gasteiger charge is 2.15. The lowest BCUT2D eigenvalue weighted by Gasteiger charge is -2.14. The minimum atomic E-state index is 0.487. The number of rotatable bonds is 9. The molecule has 0 fully saturated rings. The van der Waals surface area contributed by atoms with Gasteiger partial charge < -0.3 is 20.5 Å². The summed E-state index contributed by atoms with van der Waals surface area (Å²) in [5.74, 6) is 0. The first-order valence-electron chi connectivity index (χ1n) is 22.6. The maximum Gasteiger partial charge on any atom is 0.135 e. The van der Waals surface area contributed by atoms with Crippen LogP contribution in [0.25, 0.3) is 71.8 Å². The molecule has 0 radical (unpaired) electrons. The Morgan fingerprint density at radius 3 is 2.03 bits per heavy atom. The van der Waals surface area contributed by atoms with Gasteiger partial charge in [0.25, 0.3) is 0 Å². The van der Waals surface area contributed by atoms with Crippen LogP contribution in [0.5, 0.6) is 0 Å². The monoisotopic (exact) mass is 825 g/mol. The Morgan fingerprint density at radius 2 is 1.32 bits per heavy atom. The van der Waals surface area contributed by atoms with Crippen LogP contribution in [-0.4, -0.2) is 4.57 Å². The van der Waals surface area contributed by atoms with Gasteiger partial charge in [-0.3, -0.25) is 0 Å². The van der Waals surface area contributed by atoms with E-state index in [1.54, 1.807) is 0 Å². The van der Waals surface area contributed by atoms with Crippen molar-refractivity contribution in [1.29, 1.82) is 0 Å². The van der Waals surface area contributed by atoms with E-state index in [2.05, 4.69) is 190 Å². The van der Waals surface area contributed by atoms with Crippen LogP contribution in [0, 0.1) is 6.92 Å². The molecule has 1 aliphatic carbocycles. The zero-order valence-electron chi connectivity index (χ0n) is 37.2. The molecule has 0 aliphatic heterocycles. The molecular weight excluding hydrogens is 767 g/mol. The fourth-order valence-corrected chi connectivity index (χ4v) is 8.76. The highest BCUT2D eigenvalue weighted by Crippen LogP contribution is 2.38. The van der Waals surface area contributed by atoms with Gasteiger partial charge in [-0.2, -0.15) is 0 Å². The van der Waals surface area contributed by atoms with Crippen molar-refractivity contribution in [1.82, 2.24) is 4.57 Å². The molecule has 0 saturated carbocycles. The molecule has 2 heterocycles. The van der Waals surface area contributed by atoms with Gasteiger partial charge in [0.1, 0.15) is 11.2 Å². The molecule has 4 heteroatoms. The minimum Gasteiger partial charge on any atom is -0.456 e. The van der Waals surface area contributed by atoms with E-state index in [0.29, 0.717) is 6.54 Å². The first kappa shape index (κ1) is 42.8. The van der Waals surface area contributed by atoms with Crippen molar-refractivity contribution in [3.63, 3.8) is 0 Å². The number of hydrogen-bond donors (Lipinski definition) is 2. The second-order valence-electron chi connectivity index (χ2n) is 16.6. The molecule has 1 aliphatic rings. The molecule has 0 unspecified atom stereocenters. The van der Waals surface area contributed by atoms with Gasteiger partial charge in [0, 0.05) is 45.0 Å². The molecule has 10 rings (SSSR count). The van der Waals surface area contributed by atoms with Crippen molar-refractivity contribution in [2.45, 2.75) is 72.8 Å². The fraction of sp³-hybridized carbons (Fsp3) is 0.186. The van der Waals surface area contributed by atoms with E-state index < -0.39 is 0 Å². The summed E-state index contributed by atoms with van der Waals surface area (Å²) in [6, 6.07) is 55.6. The van der Waals surface area contributed by atoms with E-state index in [9.17, 15) is 0 Å². The van der Waals surface area contributed by atoms with Gasteiger partial charge in [0.2, 0.25) is 0 Å². The summed E-state index contributed by atoms with van der Waals surface area (Å²) in [4.78, 5) is 0. The standard InChI is InChI=1S/C31H22N2O.C23H25N.C5H12/c32-19-22-7-6-12-30-31(22)26-18-21(14-16-29(26)34-30)20-13-15-28-25(17-20)24-10-4-5-11-27(24)33(28)23-8-2-1-3-9-23;1-17-13-14-21(20-11-7-4-8-12-20)16-22(17)23(24)18(2)15-19-9-5-3-6-10-19;1-3-5-4-2/h1-18H,19,32H2;3,5-7,9-14,16H,4,8,15,24H2,1-2H3;3-5H2,1-2H3/b;23-18-;. The lowest BCUT2D eigenvalue weighted by Crippen LogP contribution is -2.05. The largest absolute Gasteiger partial charge is 0.456 e. The van der Waals surface area contributed by atoms with E-state index in [0.717, 1.165) is 58.0 Å². The van der Waals surface area contributed by atoms with Crippen LogP contribution in [0.3, 0.4) is 0 Å². The number of nitrogens with zero attached hydrogens (tertiary/aromatic N) is 1. The Hall–Kier alpha value is -6.88. The average Bonchev–Trinajstić information content (AvgIpc) is 3.88. The normalized spacial score (nSPS) is 12.7. The van der Waals surface area contributed by atoms with Crippen molar-refractivity contribution >= 4 is 55.0 Å². The van der Waals surface area contributed by atoms with Crippen molar-refractivity contribution < 1.29 is 4.42 Å². The van der Waals surface area contributed by atoms with Crippen molar-refractivity contribution in [3.05, 3.63) is 209 Å². The topological polar surface area (TPSA) is 70.1 Å². The summed E-state index contributed by atoms with van der Waals surface area (Å²) in [6.45, 7) is 9.18. The SMILES string of the molecule is C/C(Cc1ccccc1)=C(/N)c1cc(C2=CCCC=C2)ccc1C.CCCCC.NCc1cccc2oc3ccc(-c4ccc5c(c4)c4ccccc4n5-c4ccccc4)cc3c12. The lowest BCUT2D eigenvalue weighted by molar-refractivity contribution is 0.668. The molecule has 0 bridgehead atoms. The van der Waals surface area contributed by atoms with E-state index in [4.69, 9.17) is 15.9 Å². The predicted octanol–water partition coefficient (Wildman–Crippen LogP) is 15.7. The number of nitrogens with two attached hydrogens (primary N) is 2. The van der Waals surface area contributed by atoms with Crippen LogP contribution in [0.2, 0.25) is 0 Å². The van der Waals surface area contributed by atoms with Gasteiger partial charge >= 0.3 is 0 Å². The summed E-state index contributed by atoms with van der Waals surface area (Å²) < 4.78 is 8.45. The Kier molecular flexibility index (Phi) is 13.5. The van der Waals surface area contributed by atoms with Crippen LogP contribution in [0.4, 0.5) is 0 Å². The van der Waals surface area contributed by atoms with Crippen LogP contribution < -0.4 is 11.5 Å². The summed E-state index contributed by atoms with van der Waals surface area (Å²) in [7, 11) is 0. The second-order valence-corrected chi connectivity index (χ2v) is 16.6. The molecule has 9 aromatic rings. The molecule has 316 valence electrons. The molecule has 4 N–H and O–H groups in total. The number of aryl methyl sites for hydroxylation is 1. The summed E-state index contributed by atoms with van der Waals surface area (Å²) >= 11 is 0. The van der Waals surface area contributed by atoms with E-state index >= 15 is 0 Å². The van der Waals surface area contributed by atoms with Crippen molar-refractivity contribution in [2.75, 3.05) is 0 Å². The maximum atomic E-state index is 6.53. The Bertz CT molecular complexity index is 3090. The third-order valence-electron chi connectivity index (χ3n) is 12.2. The molecule has 0 saturated heterocycles. The van der Waals surface area contributed by atoms with Crippen molar-refractivity contribution in [3.8, 4) is 16.8 Å². The van der Waals surface area contributed by atoms with Gasteiger partial charge in [0.15, 0.2) is 0 Å². The smallest absolute Gasteiger partial charge is 0.135 e. The minimum absolute atomic E-state index is 0.487. The highest BCUT2D eigenvalue weighted by atomic mass is 16.3.